The zero-order valence-corrected chi connectivity index (χ0v) is 22.0. The molecule has 1 N–H and O–H groups in total. The molecule has 0 aliphatic carbocycles. The lowest BCUT2D eigenvalue weighted by Gasteiger charge is -2.31. The first-order valence-electron chi connectivity index (χ1n) is 12.4. The molecular formula is C30H36N2O5. The van der Waals surface area contributed by atoms with Gasteiger partial charge in [0.05, 0.1) is 21.3 Å². The third-order valence-electron chi connectivity index (χ3n) is 6.18. The summed E-state index contributed by atoms with van der Waals surface area (Å²) in [5.74, 6) is 1.67. The van der Waals surface area contributed by atoms with Gasteiger partial charge in [-0.25, -0.2) is 0 Å². The van der Waals surface area contributed by atoms with Gasteiger partial charge < -0.3 is 24.4 Å². The Labute approximate surface area is 219 Å². The normalized spacial score (nSPS) is 11.4. The molecule has 0 radical (unpaired) electrons. The highest BCUT2D eigenvalue weighted by Gasteiger charge is 2.30. The summed E-state index contributed by atoms with van der Waals surface area (Å²) < 4.78 is 16.1. The number of hydrogen-bond acceptors (Lipinski definition) is 5. The van der Waals surface area contributed by atoms with Crippen molar-refractivity contribution in [3.05, 3.63) is 89.5 Å². The third kappa shape index (κ3) is 7.74. The Kier molecular flexibility index (Phi) is 10.4. The summed E-state index contributed by atoms with van der Waals surface area (Å²) in [7, 11) is 4.78. The van der Waals surface area contributed by atoms with Crippen molar-refractivity contribution >= 4 is 11.8 Å². The summed E-state index contributed by atoms with van der Waals surface area (Å²) in [5, 5.41) is 2.92. The molecule has 7 nitrogen and oxygen atoms in total. The highest BCUT2D eigenvalue weighted by molar-refractivity contribution is 5.88. The molecule has 3 aromatic carbocycles. The van der Waals surface area contributed by atoms with Crippen LogP contribution in [0.5, 0.6) is 17.2 Å². The topological polar surface area (TPSA) is 77.1 Å². The molecule has 0 aliphatic rings. The molecule has 37 heavy (non-hydrogen) atoms. The SMILES string of the molecule is CCNC(=O)[C@H](Cc1ccccc1)N(Cc1cccc(OC)c1)C(=O)CCc1ccc(OC)c(OC)c1. The quantitative estimate of drug-likeness (QED) is 0.373. The van der Waals surface area contributed by atoms with Gasteiger partial charge in [0.25, 0.3) is 0 Å². The maximum absolute atomic E-state index is 13.8. The number of nitrogens with one attached hydrogen (secondary N) is 1. The van der Waals surface area contributed by atoms with Gasteiger partial charge in [-0.15, -0.1) is 0 Å². The Balaban J connectivity index is 1.90. The van der Waals surface area contributed by atoms with Gasteiger partial charge >= 0.3 is 0 Å². The maximum Gasteiger partial charge on any atom is 0.243 e. The van der Waals surface area contributed by atoms with Crippen molar-refractivity contribution in [3.63, 3.8) is 0 Å². The van der Waals surface area contributed by atoms with Crippen LogP contribution in [0, 0.1) is 0 Å². The first-order valence-corrected chi connectivity index (χ1v) is 12.4. The van der Waals surface area contributed by atoms with Crippen LogP contribution in [-0.4, -0.2) is 50.6 Å². The van der Waals surface area contributed by atoms with Gasteiger partial charge in [0.15, 0.2) is 11.5 Å². The fraction of sp³-hybridized carbons (Fsp3) is 0.333. The number of hydrogen-bond donors (Lipinski definition) is 1. The minimum atomic E-state index is -0.661. The molecule has 1 atom stereocenters. The Morgan fingerprint density at radius 1 is 0.811 bits per heavy atom. The van der Waals surface area contributed by atoms with E-state index in [4.69, 9.17) is 14.2 Å². The summed E-state index contributed by atoms with van der Waals surface area (Å²) in [6.45, 7) is 2.65. The summed E-state index contributed by atoms with van der Waals surface area (Å²) >= 11 is 0. The van der Waals surface area contributed by atoms with E-state index in [0.29, 0.717) is 36.6 Å². The molecule has 196 valence electrons. The fourth-order valence-electron chi connectivity index (χ4n) is 4.24. The van der Waals surface area contributed by atoms with E-state index in [2.05, 4.69) is 5.32 Å². The second kappa shape index (κ2) is 13.9. The molecule has 7 heteroatoms. The molecular weight excluding hydrogens is 468 g/mol. The molecule has 0 saturated carbocycles. The van der Waals surface area contributed by atoms with Crippen LogP contribution in [-0.2, 0) is 29.0 Å². The average molecular weight is 505 g/mol. The van der Waals surface area contributed by atoms with E-state index in [1.807, 2.05) is 79.7 Å². The van der Waals surface area contributed by atoms with Gasteiger partial charge in [0.2, 0.25) is 11.8 Å². The molecule has 0 fully saturated rings. The summed E-state index contributed by atoms with van der Waals surface area (Å²) in [6, 6.07) is 22.3. The van der Waals surface area contributed by atoms with E-state index >= 15 is 0 Å². The van der Waals surface area contributed by atoms with Gasteiger partial charge in [-0.1, -0.05) is 48.5 Å². The predicted molar refractivity (Wildman–Crippen MR) is 144 cm³/mol. The molecule has 0 aliphatic heterocycles. The van der Waals surface area contributed by atoms with Crippen molar-refractivity contribution in [2.45, 2.75) is 38.8 Å². The monoisotopic (exact) mass is 504 g/mol. The lowest BCUT2D eigenvalue weighted by atomic mass is 10.0. The molecule has 3 rings (SSSR count). The van der Waals surface area contributed by atoms with Crippen LogP contribution in [0.25, 0.3) is 0 Å². The van der Waals surface area contributed by atoms with Crippen LogP contribution >= 0.6 is 0 Å². The van der Waals surface area contributed by atoms with Gasteiger partial charge in [-0.3, -0.25) is 9.59 Å². The van der Waals surface area contributed by atoms with Crippen LogP contribution < -0.4 is 19.5 Å². The van der Waals surface area contributed by atoms with Gasteiger partial charge in [0.1, 0.15) is 11.8 Å². The van der Waals surface area contributed by atoms with E-state index in [1.54, 1.807) is 26.2 Å². The van der Waals surface area contributed by atoms with Crippen molar-refractivity contribution in [2.75, 3.05) is 27.9 Å². The third-order valence-corrected chi connectivity index (χ3v) is 6.18. The standard InChI is InChI=1S/C30H36N2O5/c1-5-31-30(34)26(19-22-10-7-6-8-11-22)32(21-24-12-9-13-25(18-24)35-2)29(33)17-15-23-14-16-27(36-3)28(20-23)37-4/h6-14,16,18,20,26H,5,15,17,19,21H2,1-4H3,(H,31,34)/t26-/m0/s1. The van der Waals surface area contributed by atoms with Crippen molar-refractivity contribution in [3.8, 4) is 17.2 Å². The van der Waals surface area contributed by atoms with E-state index in [0.717, 1.165) is 16.7 Å². The summed E-state index contributed by atoms with van der Waals surface area (Å²) in [6.07, 6.45) is 1.16. The number of amides is 2. The number of methoxy groups -OCH3 is 3. The maximum atomic E-state index is 13.8. The van der Waals surface area contributed by atoms with E-state index in [-0.39, 0.29) is 24.8 Å². The Hall–Kier alpha value is -4.00. The minimum Gasteiger partial charge on any atom is -0.497 e. The molecule has 0 aromatic heterocycles. The molecule has 3 aromatic rings. The lowest BCUT2D eigenvalue weighted by Crippen LogP contribution is -2.50. The molecule has 0 spiro atoms. The van der Waals surface area contributed by atoms with Gasteiger partial charge in [-0.2, -0.15) is 0 Å². The number of benzene rings is 3. The summed E-state index contributed by atoms with van der Waals surface area (Å²) in [4.78, 5) is 28.7. The highest BCUT2D eigenvalue weighted by atomic mass is 16.5. The van der Waals surface area contributed by atoms with E-state index in [9.17, 15) is 9.59 Å². The van der Waals surface area contributed by atoms with Gasteiger partial charge in [0, 0.05) is 25.9 Å². The van der Waals surface area contributed by atoms with Crippen LogP contribution in [0.2, 0.25) is 0 Å². The van der Waals surface area contributed by atoms with Crippen LogP contribution in [0.1, 0.15) is 30.0 Å². The fourth-order valence-corrected chi connectivity index (χ4v) is 4.24. The lowest BCUT2D eigenvalue weighted by molar-refractivity contribution is -0.141. The second-order valence-corrected chi connectivity index (χ2v) is 8.66. The zero-order chi connectivity index (χ0) is 26.6. The van der Waals surface area contributed by atoms with Crippen LogP contribution in [0.15, 0.2) is 72.8 Å². The molecule has 0 saturated heterocycles. The number of nitrogens with zero attached hydrogens (tertiary/aromatic N) is 1. The Morgan fingerprint density at radius 3 is 2.22 bits per heavy atom. The second-order valence-electron chi connectivity index (χ2n) is 8.66. The molecule has 0 heterocycles. The number of likely N-dealkylation sites (N-methyl/N-ethyl adjacent to an activating group) is 1. The minimum absolute atomic E-state index is 0.107. The number of carbonyl (C=O) groups is 2. The van der Waals surface area contributed by atoms with Crippen molar-refractivity contribution < 1.29 is 23.8 Å². The number of rotatable bonds is 13. The van der Waals surface area contributed by atoms with Crippen LogP contribution in [0.3, 0.4) is 0 Å². The molecule has 0 bridgehead atoms. The largest absolute Gasteiger partial charge is 0.497 e. The smallest absolute Gasteiger partial charge is 0.243 e. The van der Waals surface area contributed by atoms with Crippen molar-refractivity contribution in [1.29, 1.82) is 0 Å². The first kappa shape index (κ1) is 27.6. The predicted octanol–water partition coefficient (Wildman–Crippen LogP) is 4.42. The number of ether oxygens (including phenoxy) is 3. The first-order chi connectivity index (χ1) is 18.0. The number of aryl methyl sites for hydroxylation is 1. The highest BCUT2D eigenvalue weighted by Crippen LogP contribution is 2.28. The van der Waals surface area contributed by atoms with Gasteiger partial charge in [-0.05, 0) is 54.3 Å². The average Bonchev–Trinajstić information content (AvgIpc) is 2.94. The van der Waals surface area contributed by atoms with E-state index in [1.165, 1.54) is 0 Å². The van der Waals surface area contributed by atoms with Crippen molar-refractivity contribution in [2.24, 2.45) is 0 Å². The Bertz CT molecular complexity index is 1170. The van der Waals surface area contributed by atoms with Crippen LogP contribution in [0.4, 0.5) is 0 Å². The number of carbonyl (C=O) groups excluding carboxylic acids is 2. The summed E-state index contributed by atoms with van der Waals surface area (Å²) in [5.41, 5.74) is 2.83. The Morgan fingerprint density at radius 2 is 1.54 bits per heavy atom. The van der Waals surface area contributed by atoms with E-state index < -0.39 is 6.04 Å². The zero-order valence-electron chi connectivity index (χ0n) is 22.0. The molecule has 0 unspecified atom stereocenters. The molecule has 2 amide bonds. The van der Waals surface area contributed by atoms with Crippen molar-refractivity contribution in [1.82, 2.24) is 10.2 Å².